The Kier molecular flexibility index (Phi) is 6.22. The van der Waals surface area contributed by atoms with E-state index in [0.717, 1.165) is 23.9 Å². The molecule has 0 aliphatic heterocycles. The number of H-pyrrole nitrogens is 1. The summed E-state index contributed by atoms with van der Waals surface area (Å²) in [4.78, 5) is 36.4. The Hall–Kier alpha value is -2.41. The number of carbonyl (C=O) groups is 1. The summed E-state index contributed by atoms with van der Waals surface area (Å²) >= 11 is 0. The van der Waals surface area contributed by atoms with Crippen molar-refractivity contribution in [2.24, 2.45) is 0 Å². The van der Waals surface area contributed by atoms with Crippen LogP contribution >= 0.6 is 0 Å². The van der Waals surface area contributed by atoms with Crippen molar-refractivity contribution >= 4 is 16.7 Å². The number of hydrogen-bond acceptors (Lipinski definition) is 4. The number of aromatic nitrogens is 2. The van der Waals surface area contributed by atoms with Crippen LogP contribution < -0.4 is 16.4 Å². The fraction of sp³-hybridized carbons (Fsp3) is 0.526. The fourth-order valence-corrected chi connectivity index (χ4v) is 3.34. The van der Waals surface area contributed by atoms with Crippen LogP contribution in [0.2, 0.25) is 0 Å². The molecule has 26 heavy (non-hydrogen) atoms. The van der Waals surface area contributed by atoms with Gasteiger partial charge in [-0.1, -0.05) is 31.4 Å². The molecular formula is C19H25N3O4. The fourth-order valence-electron chi connectivity index (χ4n) is 3.34. The molecule has 2 N–H and O–H groups in total. The first-order valence-corrected chi connectivity index (χ1v) is 9.25. The molecule has 140 valence electrons. The Morgan fingerprint density at radius 3 is 2.65 bits per heavy atom. The smallest absolute Gasteiger partial charge is 0.273 e. The lowest BCUT2D eigenvalue weighted by atomic mass is 9.98. The minimum Gasteiger partial charge on any atom is -0.378 e. The molecule has 0 radical (unpaired) electrons. The van der Waals surface area contributed by atoms with Gasteiger partial charge in [-0.3, -0.25) is 19.5 Å². The number of benzene rings is 1. The van der Waals surface area contributed by atoms with E-state index >= 15 is 0 Å². The number of carbonyl (C=O) groups excluding carboxylic acids is 1. The Labute approximate surface area is 151 Å². The number of ether oxygens (including phenoxy) is 1. The number of rotatable bonds is 7. The van der Waals surface area contributed by atoms with Gasteiger partial charge in [-0.25, -0.2) is 4.68 Å². The van der Waals surface area contributed by atoms with Crippen LogP contribution in [0.1, 0.15) is 38.5 Å². The molecule has 1 aromatic carbocycles. The molecule has 7 heteroatoms. The minimum absolute atomic E-state index is 0.206. The van der Waals surface area contributed by atoms with E-state index in [1.165, 1.54) is 19.3 Å². The van der Waals surface area contributed by atoms with E-state index in [2.05, 4.69) is 10.4 Å². The summed E-state index contributed by atoms with van der Waals surface area (Å²) in [6.07, 6.45) is 7.12. The summed E-state index contributed by atoms with van der Waals surface area (Å²) in [7, 11) is 0. The van der Waals surface area contributed by atoms with Gasteiger partial charge in [0.05, 0.1) is 16.9 Å². The van der Waals surface area contributed by atoms with Gasteiger partial charge in [0.15, 0.2) is 0 Å². The lowest BCUT2D eigenvalue weighted by Crippen LogP contribution is -2.37. The predicted molar refractivity (Wildman–Crippen MR) is 99.3 cm³/mol. The minimum atomic E-state index is -0.381. The third kappa shape index (κ3) is 4.60. The molecule has 0 unspecified atom stereocenters. The van der Waals surface area contributed by atoms with Gasteiger partial charge in [0.2, 0.25) is 5.91 Å². The maximum atomic E-state index is 12.4. The van der Waals surface area contributed by atoms with Crippen LogP contribution in [0.5, 0.6) is 0 Å². The van der Waals surface area contributed by atoms with Crippen LogP contribution in [0.15, 0.2) is 33.9 Å². The highest BCUT2D eigenvalue weighted by Crippen LogP contribution is 2.20. The predicted octanol–water partition coefficient (Wildman–Crippen LogP) is 1.55. The quantitative estimate of drug-likeness (QED) is 0.734. The standard InChI is InChI=1S/C19H25N3O4/c23-17(20-11-6-12-26-14-7-2-1-3-8-14)13-22-19(25)16-10-5-4-9-15(16)18(24)21-22/h4-5,9-10,14H,1-3,6-8,11-13H2,(H,20,23)(H,21,24). The maximum absolute atomic E-state index is 12.4. The van der Waals surface area contributed by atoms with Crippen molar-refractivity contribution in [3.05, 3.63) is 45.0 Å². The molecule has 0 spiro atoms. The van der Waals surface area contributed by atoms with Crippen molar-refractivity contribution < 1.29 is 9.53 Å². The van der Waals surface area contributed by atoms with Crippen LogP contribution in [0.4, 0.5) is 0 Å². The zero-order valence-electron chi connectivity index (χ0n) is 14.8. The van der Waals surface area contributed by atoms with Crippen molar-refractivity contribution in [3.63, 3.8) is 0 Å². The normalized spacial score (nSPS) is 15.2. The van der Waals surface area contributed by atoms with Crippen molar-refractivity contribution in [1.29, 1.82) is 0 Å². The number of nitrogens with zero attached hydrogens (tertiary/aromatic N) is 1. The SMILES string of the molecule is O=C(Cn1[nH]c(=O)c2ccccc2c1=O)NCCCOC1CCCCC1. The van der Waals surface area contributed by atoms with Crippen LogP contribution in [0, 0.1) is 0 Å². The second-order valence-corrected chi connectivity index (χ2v) is 6.71. The van der Waals surface area contributed by atoms with Crippen molar-refractivity contribution in [2.45, 2.75) is 51.2 Å². The van der Waals surface area contributed by atoms with Gasteiger partial charge in [0.1, 0.15) is 6.54 Å². The average Bonchev–Trinajstić information content (AvgIpc) is 2.66. The molecule has 1 fully saturated rings. The van der Waals surface area contributed by atoms with E-state index < -0.39 is 0 Å². The van der Waals surface area contributed by atoms with E-state index in [1.807, 2.05) is 0 Å². The Balaban J connectivity index is 1.47. The second kappa shape index (κ2) is 8.80. The van der Waals surface area contributed by atoms with Gasteiger partial charge >= 0.3 is 0 Å². The molecule has 3 rings (SSSR count). The highest BCUT2D eigenvalue weighted by molar-refractivity contribution is 5.81. The highest BCUT2D eigenvalue weighted by atomic mass is 16.5. The van der Waals surface area contributed by atoms with Crippen LogP contribution in [0.25, 0.3) is 10.8 Å². The maximum Gasteiger partial charge on any atom is 0.273 e. The van der Waals surface area contributed by atoms with E-state index in [9.17, 15) is 14.4 Å². The summed E-state index contributed by atoms with van der Waals surface area (Å²) in [5, 5.41) is 5.86. The number of amides is 1. The van der Waals surface area contributed by atoms with E-state index in [4.69, 9.17) is 4.74 Å². The summed E-state index contributed by atoms with van der Waals surface area (Å²) < 4.78 is 6.87. The van der Waals surface area contributed by atoms with E-state index in [1.54, 1.807) is 24.3 Å². The van der Waals surface area contributed by atoms with Crippen LogP contribution in [-0.4, -0.2) is 34.9 Å². The van der Waals surface area contributed by atoms with Crippen LogP contribution in [0.3, 0.4) is 0 Å². The zero-order chi connectivity index (χ0) is 18.4. The monoisotopic (exact) mass is 359 g/mol. The molecule has 1 aliphatic carbocycles. The lowest BCUT2D eigenvalue weighted by Gasteiger charge is -2.21. The molecule has 0 bridgehead atoms. The highest BCUT2D eigenvalue weighted by Gasteiger charge is 2.13. The molecule has 1 saturated carbocycles. The molecule has 0 saturated heterocycles. The first-order valence-electron chi connectivity index (χ1n) is 9.25. The average molecular weight is 359 g/mol. The Bertz CT molecular complexity index is 865. The Morgan fingerprint density at radius 1 is 1.15 bits per heavy atom. The van der Waals surface area contributed by atoms with E-state index in [0.29, 0.717) is 30.0 Å². The van der Waals surface area contributed by atoms with Crippen molar-refractivity contribution in [1.82, 2.24) is 15.1 Å². The summed E-state index contributed by atoms with van der Waals surface area (Å²) in [5.41, 5.74) is -0.759. The van der Waals surface area contributed by atoms with Crippen molar-refractivity contribution in [3.8, 4) is 0 Å². The number of fused-ring (bicyclic) bond motifs is 1. The third-order valence-corrected chi connectivity index (χ3v) is 4.73. The molecular weight excluding hydrogens is 334 g/mol. The third-order valence-electron chi connectivity index (χ3n) is 4.73. The molecule has 1 aliphatic rings. The molecule has 1 heterocycles. The number of hydrogen-bond donors (Lipinski definition) is 2. The van der Waals surface area contributed by atoms with Gasteiger partial charge in [-0.15, -0.1) is 0 Å². The first-order chi connectivity index (χ1) is 12.6. The van der Waals surface area contributed by atoms with Gasteiger partial charge in [-0.2, -0.15) is 0 Å². The molecule has 0 atom stereocenters. The lowest BCUT2D eigenvalue weighted by molar-refractivity contribution is -0.122. The summed E-state index contributed by atoms with van der Waals surface area (Å²) in [6.45, 7) is 0.901. The van der Waals surface area contributed by atoms with Gasteiger partial charge in [0.25, 0.3) is 11.1 Å². The van der Waals surface area contributed by atoms with Gasteiger partial charge in [0, 0.05) is 13.2 Å². The van der Waals surface area contributed by atoms with Gasteiger partial charge in [-0.05, 0) is 31.4 Å². The molecule has 7 nitrogen and oxygen atoms in total. The first kappa shape index (κ1) is 18.4. The second-order valence-electron chi connectivity index (χ2n) is 6.71. The molecule has 1 amide bonds. The molecule has 1 aromatic heterocycles. The number of aromatic amines is 1. The Morgan fingerprint density at radius 2 is 1.88 bits per heavy atom. The van der Waals surface area contributed by atoms with Crippen LogP contribution in [-0.2, 0) is 16.1 Å². The van der Waals surface area contributed by atoms with Gasteiger partial charge < -0.3 is 10.1 Å². The van der Waals surface area contributed by atoms with E-state index in [-0.39, 0.29) is 23.6 Å². The topological polar surface area (TPSA) is 93.2 Å². The zero-order valence-corrected chi connectivity index (χ0v) is 14.8. The number of nitrogens with one attached hydrogen (secondary N) is 2. The molecule has 2 aromatic rings. The summed E-state index contributed by atoms with van der Waals surface area (Å²) in [5.74, 6) is -0.310. The van der Waals surface area contributed by atoms with Crippen molar-refractivity contribution in [2.75, 3.05) is 13.2 Å². The summed E-state index contributed by atoms with van der Waals surface area (Å²) in [6, 6.07) is 6.57. The largest absolute Gasteiger partial charge is 0.378 e.